The Morgan fingerprint density at radius 3 is 1.75 bits per heavy atom. The molecule has 3 aromatic rings. The summed E-state index contributed by atoms with van der Waals surface area (Å²) < 4.78 is 17.5. The van der Waals surface area contributed by atoms with Crippen LogP contribution in [0.5, 0.6) is 17.2 Å². The van der Waals surface area contributed by atoms with Gasteiger partial charge < -0.3 is 13.8 Å². The molecule has 0 unspecified atom stereocenters. The molecule has 0 saturated carbocycles. The van der Waals surface area contributed by atoms with Crippen LogP contribution in [0, 0.1) is 0 Å². The summed E-state index contributed by atoms with van der Waals surface area (Å²) in [6.45, 7) is 0. The van der Waals surface area contributed by atoms with E-state index in [4.69, 9.17) is 13.8 Å². The molecule has 4 heteroatoms. The van der Waals surface area contributed by atoms with E-state index in [1.807, 2.05) is 78.9 Å². The van der Waals surface area contributed by atoms with Crippen LogP contribution >= 0.6 is 8.38 Å². The molecule has 3 nitrogen and oxygen atoms in total. The average Bonchev–Trinajstić information content (AvgIpc) is 2.63. The SMILES string of the molecule is COc1cccc(CP(Oc2ccccc2)Oc2ccccc2)c1. The van der Waals surface area contributed by atoms with E-state index in [0.29, 0.717) is 6.16 Å². The molecule has 0 fully saturated rings. The number of para-hydroxylation sites is 2. The van der Waals surface area contributed by atoms with Crippen LogP contribution in [0.25, 0.3) is 0 Å². The van der Waals surface area contributed by atoms with Gasteiger partial charge in [0.25, 0.3) is 8.38 Å². The second-order valence-electron chi connectivity index (χ2n) is 5.15. The lowest BCUT2D eigenvalue weighted by Gasteiger charge is -2.19. The van der Waals surface area contributed by atoms with Crippen LogP contribution in [0.15, 0.2) is 84.9 Å². The van der Waals surface area contributed by atoms with Gasteiger partial charge in [0.1, 0.15) is 17.2 Å². The highest BCUT2D eigenvalue weighted by atomic mass is 31.2. The predicted octanol–water partition coefficient (Wildman–Crippen LogP) is 5.67. The Hall–Kier alpha value is -2.51. The van der Waals surface area contributed by atoms with Crippen molar-refractivity contribution in [1.29, 1.82) is 0 Å². The van der Waals surface area contributed by atoms with Gasteiger partial charge in [-0.2, -0.15) is 0 Å². The van der Waals surface area contributed by atoms with Gasteiger partial charge in [-0.05, 0) is 42.0 Å². The minimum absolute atomic E-state index is 0.677. The minimum atomic E-state index is -1.16. The summed E-state index contributed by atoms with van der Waals surface area (Å²) in [7, 11) is 0.507. The van der Waals surface area contributed by atoms with Crippen molar-refractivity contribution in [2.24, 2.45) is 0 Å². The fourth-order valence-corrected chi connectivity index (χ4v) is 3.58. The summed E-state index contributed by atoms with van der Waals surface area (Å²) in [4.78, 5) is 0. The molecule has 0 heterocycles. The molecule has 24 heavy (non-hydrogen) atoms. The van der Waals surface area contributed by atoms with E-state index in [1.54, 1.807) is 7.11 Å². The van der Waals surface area contributed by atoms with Gasteiger partial charge in [-0.15, -0.1) is 0 Å². The van der Waals surface area contributed by atoms with Crippen molar-refractivity contribution in [3.05, 3.63) is 90.5 Å². The summed E-state index contributed by atoms with van der Waals surface area (Å²) >= 11 is 0. The van der Waals surface area contributed by atoms with Gasteiger partial charge in [0.05, 0.1) is 13.3 Å². The maximum Gasteiger partial charge on any atom is 0.295 e. The molecular formula is C20H19O3P. The first-order valence-electron chi connectivity index (χ1n) is 7.70. The normalized spacial score (nSPS) is 10.4. The van der Waals surface area contributed by atoms with Crippen LogP contribution in [-0.2, 0) is 6.16 Å². The summed E-state index contributed by atoms with van der Waals surface area (Å²) in [6, 6.07) is 27.5. The van der Waals surface area contributed by atoms with Crippen LogP contribution < -0.4 is 13.8 Å². The zero-order valence-corrected chi connectivity index (χ0v) is 14.4. The van der Waals surface area contributed by atoms with Gasteiger partial charge in [-0.1, -0.05) is 48.5 Å². The largest absolute Gasteiger partial charge is 0.497 e. The van der Waals surface area contributed by atoms with E-state index in [2.05, 4.69) is 6.07 Å². The zero-order valence-electron chi connectivity index (χ0n) is 13.5. The van der Waals surface area contributed by atoms with Gasteiger partial charge in [-0.3, -0.25) is 0 Å². The Morgan fingerprint density at radius 1 is 0.667 bits per heavy atom. The van der Waals surface area contributed by atoms with Crippen LogP contribution in [0.4, 0.5) is 0 Å². The molecular weight excluding hydrogens is 319 g/mol. The summed E-state index contributed by atoms with van der Waals surface area (Å²) in [5.74, 6) is 2.45. The van der Waals surface area contributed by atoms with Crippen molar-refractivity contribution in [2.45, 2.75) is 6.16 Å². The summed E-state index contributed by atoms with van der Waals surface area (Å²) in [5.41, 5.74) is 1.12. The molecule has 0 aliphatic heterocycles. The van der Waals surface area contributed by atoms with Crippen LogP contribution in [0.3, 0.4) is 0 Å². The molecule has 0 saturated heterocycles. The lowest BCUT2D eigenvalue weighted by atomic mass is 10.2. The highest BCUT2D eigenvalue weighted by Gasteiger charge is 2.16. The molecule has 3 rings (SSSR count). The fourth-order valence-electron chi connectivity index (χ4n) is 2.20. The van der Waals surface area contributed by atoms with E-state index in [1.165, 1.54) is 0 Å². The highest BCUT2D eigenvalue weighted by molar-refractivity contribution is 7.47. The minimum Gasteiger partial charge on any atom is -0.497 e. The molecule has 0 amide bonds. The van der Waals surface area contributed by atoms with Crippen molar-refractivity contribution < 1.29 is 13.8 Å². The van der Waals surface area contributed by atoms with Crippen molar-refractivity contribution >= 4 is 8.38 Å². The lowest BCUT2D eigenvalue weighted by molar-refractivity contribution is 0.414. The monoisotopic (exact) mass is 338 g/mol. The first-order valence-corrected chi connectivity index (χ1v) is 9.06. The maximum absolute atomic E-state index is 6.10. The second kappa shape index (κ2) is 8.37. The Morgan fingerprint density at radius 2 is 1.21 bits per heavy atom. The third-order valence-corrected chi connectivity index (χ3v) is 4.80. The number of hydrogen-bond donors (Lipinski definition) is 0. The molecule has 122 valence electrons. The summed E-state index contributed by atoms with van der Waals surface area (Å²) in [6.07, 6.45) is 0.677. The van der Waals surface area contributed by atoms with Gasteiger partial charge in [0.2, 0.25) is 0 Å². The Kier molecular flexibility index (Phi) is 5.70. The average molecular weight is 338 g/mol. The predicted molar refractivity (Wildman–Crippen MR) is 97.8 cm³/mol. The van der Waals surface area contributed by atoms with Crippen molar-refractivity contribution in [2.75, 3.05) is 7.11 Å². The highest BCUT2D eigenvalue weighted by Crippen LogP contribution is 2.43. The molecule has 0 N–H and O–H groups in total. The van der Waals surface area contributed by atoms with Crippen molar-refractivity contribution in [3.63, 3.8) is 0 Å². The van der Waals surface area contributed by atoms with E-state index in [-0.39, 0.29) is 0 Å². The molecule has 3 aromatic carbocycles. The molecule has 0 spiro atoms. The first kappa shape index (κ1) is 16.4. The smallest absolute Gasteiger partial charge is 0.295 e. The molecule has 0 aliphatic rings. The van der Waals surface area contributed by atoms with E-state index in [9.17, 15) is 0 Å². The Bertz CT molecular complexity index is 706. The third-order valence-electron chi connectivity index (χ3n) is 3.35. The molecule has 0 aromatic heterocycles. The van der Waals surface area contributed by atoms with Crippen molar-refractivity contribution in [3.8, 4) is 17.2 Å². The molecule has 0 atom stereocenters. The summed E-state index contributed by atoms with van der Waals surface area (Å²) in [5, 5.41) is 0. The zero-order chi connectivity index (χ0) is 16.6. The van der Waals surface area contributed by atoms with Crippen molar-refractivity contribution in [1.82, 2.24) is 0 Å². The number of hydrogen-bond acceptors (Lipinski definition) is 3. The second-order valence-corrected chi connectivity index (χ2v) is 6.50. The molecule has 0 radical (unpaired) electrons. The van der Waals surface area contributed by atoms with E-state index < -0.39 is 8.38 Å². The first-order chi connectivity index (χ1) is 11.8. The topological polar surface area (TPSA) is 27.7 Å². The van der Waals surface area contributed by atoms with Gasteiger partial charge in [0.15, 0.2) is 0 Å². The maximum atomic E-state index is 6.10. The van der Waals surface area contributed by atoms with E-state index in [0.717, 1.165) is 22.8 Å². The van der Waals surface area contributed by atoms with Crippen LogP contribution in [0.1, 0.15) is 5.56 Å². The molecule has 0 aliphatic carbocycles. The number of methoxy groups -OCH3 is 1. The van der Waals surface area contributed by atoms with Gasteiger partial charge in [-0.25, -0.2) is 0 Å². The van der Waals surface area contributed by atoms with Crippen LogP contribution in [0.2, 0.25) is 0 Å². The van der Waals surface area contributed by atoms with E-state index >= 15 is 0 Å². The van der Waals surface area contributed by atoms with Gasteiger partial charge >= 0.3 is 0 Å². The third kappa shape index (κ3) is 4.74. The quantitative estimate of drug-likeness (QED) is 0.520. The number of rotatable bonds is 7. The number of benzene rings is 3. The Labute approximate surface area is 143 Å². The standard InChI is InChI=1S/C20H19O3P/c1-21-20-14-8-9-17(15-20)16-24(22-18-10-4-2-5-11-18)23-19-12-6-3-7-13-19/h2-15H,16H2,1H3. The fraction of sp³-hybridized carbons (Fsp3) is 0.100. The number of ether oxygens (including phenoxy) is 1. The Balaban J connectivity index is 1.78. The molecule has 0 bridgehead atoms. The lowest BCUT2D eigenvalue weighted by Crippen LogP contribution is -1.99. The van der Waals surface area contributed by atoms with Gasteiger partial charge in [0, 0.05) is 0 Å². The van der Waals surface area contributed by atoms with Crippen LogP contribution in [-0.4, -0.2) is 7.11 Å².